The van der Waals surface area contributed by atoms with Gasteiger partial charge in [0.25, 0.3) is 0 Å². The highest BCUT2D eigenvalue weighted by Gasteiger charge is 2.25. The van der Waals surface area contributed by atoms with Gasteiger partial charge >= 0.3 is 0 Å². The van der Waals surface area contributed by atoms with Crippen molar-refractivity contribution in [2.75, 3.05) is 13.2 Å². The summed E-state index contributed by atoms with van der Waals surface area (Å²) in [6.45, 7) is 1.92. The summed E-state index contributed by atoms with van der Waals surface area (Å²) >= 11 is 11.9. The normalized spacial score (nSPS) is 16.0. The van der Waals surface area contributed by atoms with Crippen molar-refractivity contribution in [1.82, 2.24) is 9.88 Å². The van der Waals surface area contributed by atoms with Crippen molar-refractivity contribution in [2.45, 2.75) is 38.3 Å². The Morgan fingerprint density at radius 1 is 1.33 bits per heavy atom. The van der Waals surface area contributed by atoms with Crippen LogP contribution in [0.1, 0.15) is 31.2 Å². The molecular formula is C13H18Cl2N2O. The second-order valence-electron chi connectivity index (χ2n) is 4.72. The molecule has 0 saturated heterocycles. The van der Waals surface area contributed by atoms with Gasteiger partial charge in [-0.25, -0.2) is 4.98 Å². The molecule has 0 atom stereocenters. The molecule has 18 heavy (non-hydrogen) atoms. The van der Waals surface area contributed by atoms with Crippen LogP contribution in [0.25, 0.3) is 0 Å². The standard InChI is InChI=1S/C13H18Cl2N2O/c14-12-6-5-10(13(15)16-12)9-17(7-2-8-18)11-3-1-4-11/h5-6,11,18H,1-4,7-9H2. The van der Waals surface area contributed by atoms with Crippen molar-refractivity contribution in [3.8, 4) is 0 Å². The highest BCUT2D eigenvalue weighted by atomic mass is 35.5. The average Bonchev–Trinajstić information content (AvgIpc) is 2.27. The van der Waals surface area contributed by atoms with Crippen LogP contribution in [0.2, 0.25) is 10.3 Å². The predicted molar refractivity (Wildman–Crippen MR) is 74.0 cm³/mol. The van der Waals surface area contributed by atoms with E-state index in [1.807, 2.05) is 6.07 Å². The zero-order chi connectivity index (χ0) is 13.0. The number of halogens is 2. The van der Waals surface area contributed by atoms with Crippen LogP contribution in [0, 0.1) is 0 Å². The number of rotatable bonds is 6. The Balaban J connectivity index is 2.02. The van der Waals surface area contributed by atoms with Crippen molar-refractivity contribution in [3.05, 3.63) is 28.0 Å². The maximum Gasteiger partial charge on any atom is 0.135 e. The van der Waals surface area contributed by atoms with Crippen LogP contribution in [-0.4, -0.2) is 34.2 Å². The number of hydrogen-bond acceptors (Lipinski definition) is 3. The minimum absolute atomic E-state index is 0.232. The molecule has 0 unspecified atom stereocenters. The molecule has 5 heteroatoms. The minimum Gasteiger partial charge on any atom is -0.396 e. The lowest BCUT2D eigenvalue weighted by atomic mass is 9.91. The molecule has 1 N–H and O–H groups in total. The summed E-state index contributed by atoms with van der Waals surface area (Å²) in [5, 5.41) is 9.87. The molecule has 1 saturated carbocycles. The summed E-state index contributed by atoms with van der Waals surface area (Å²) in [5.41, 5.74) is 1.01. The SMILES string of the molecule is OCCCN(Cc1ccc(Cl)nc1Cl)C1CCC1. The fraction of sp³-hybridized carbons (Fsp3) is 0.615. The summed E-state index contributed by atoms with van der Waals surface area (Å²) in [5.74, 6) is 0. The Bertz CT molecular complexity index is 397. The molecule has 100 valence electrons. The zero-order valence-electron chi connectivity index (χ0n) is 10.3. The quantitative estimate of drug-likeness (QED) is 0.817. The van der Waals surface area contributed by atoms with Crippen LogP contribution in [0.5, 0.6) is 0 Å². The molecule has 0 radical (unpaired) electrons. The van der Waals surface area contributed by atoms with Gasteiger partial charge in [0, 0.05) is 31.3 Å². The fourth-order valence-corrected chi connectivity index (χ4v) is 2.60. The molecule has 0 spiro atoms. The third kappa shape index (κ3) is 3.58. The monoisotopic (exact) mass is 288 g/mol. The Kier molecular flexibility index (Phi) is 5.25. The van der Waals surface area contributed by atoms with Crippen LogP contribution in [0.3, 0.4) is 0 Å². The third-order valence-corrected chi connectivity index (χ3v) is 4.00. The van der Waals surface area contributed by atoms with Crippen LogP contribution in [0.4, 0.5) is 0 Å². The molecule has 1 aliphatic rings. The molecule has 2 rings (SSSR count). The maximum atomic E-state index is 8.96. The van der Waals surface area contributed by atoms with Crippen molar-refractivity contribution >= 4 is 23.2 Å². The Morgan fingerprint density at radius 2 is 2.11 bits per heavy atom. The summed E-state index contributed by atoms with van der Waals surface area (Å²) in [6, 6.07) is 4.33. The highest BCUT2D eigenvalue weighted by Crippen LogP contribution is 2.28. The van der Waals surface area contributed by atoms with Crippen LogP contribution < -0.4 is 0 Å². The second kappa shape index (κ2) is 6.71. The molecule has 1 aromatic rings. The first-order valence-corrected chi connectivity index (χ1v) is 7.12. The van der Waals surface area contributed by atoms with E-state index in [4.69, 9.17) is 28.3 Å². The first kappa shape index (κ1) is 14.1. The number of pyridine rings is 1. The summed E-state index contributed by atoms with van der Waals surface area (Å²) in [6.07, 6.45) is 4.58. The first-order chi connectivity index (χ1) is 8.70. The average molecular weight is 289 g/mol. The van der Waals surface area contributed by atoms with E-state index in [9.17, 15) is 0 Å². The maximum absolute atomic E-state index is 8.96. The van der Waals surface area contributed by atoms with E-state index in [-0.39, 0.29) is 6.61 Å². The van der Waals surface area contributed by atoms with Gasteiger partial charge in [-0.1, -0.05) is 35.7 Å². The van der Waals surface area contributed by atoms with E-state index in [0.717, 1.165) is 25.1 Å². The second-order valence-corrected chi connectivity index (χ2v) is 5.46. The molecule has 1 fully saturated rings. The molecular weight excluding hydrogens is 271 g/mol. The smallest absolute Gasteiger partial charge is 0.135 e. The van der Waals surface area contributed by atoms with Crippen LogP contribution >= 0.6 is 23.2 Å². The van der Waals surface area contributed by atoms with E-state index in [0.29, 0.717) is 16.3 Å². The van der Waals surface area contributed by atoms with Crippen molar-refractivity contribution in [1.29, 1.82) is 0 Å². The van der Waals surface area contributed by atoms with E-state index in [1.165, 1.54) is 19.3 Å². The summed E-state index contributed by atoms with van der Waals surface area (Å²) in [7, 11) is 0. The largest absolute Gasteiger partial charge is 0.396 e. The minimum atomic E-state index is 0.232. The van der Waals surface area contributed by atoms with Crippen LogP contribution in [-0.2, 0) is 6.54 Å². The van der Waals surface area contributed by atoms with Gasteiger partial charge in [-0.2, -0.15) is 0 Å². The van der Waals surface area contributed by atoms with Gasteiger partial charge in [0.2, 0.25) is 0 Å². The molecule has 0 aromatic carbocycles. The molecule has 0 amide bonds. The Hall–Kier alpha value is -0.350. The number of aliphatic hydroxyl groups is 1. The zero-order valence-corrected chi connectivity index (χ0v) is 11.8. The van der Waals surface area contributed by atoms with Crippen molar-refractivity contribution in [2.24, 2.45) is 0 Å². The topological polar surface area (TPSA) is 36.4 Å². The lowest BCUT2D eigenvalue weighted by molar-refractivity contribution is 0.109. The van der Waals surface area contributed by atoms with Gasteiger partial charge < -0.3 is 5.11 Å². The van der Waals surface area contributed by atoms with Gasteiger partial charge in [-0.3, -0.25) is 4.90 Å². The van der Waals surface area contributed by atoms with E-state index >= 15 is 0 Å². The van der Waals surface area contributed by atoms with E-state index in [2.05, 4.69) is 9.88 Å². The van der Waals surface area contributed by atoms with Gasteiger partial charge in [0.1, 0.15) is 10.3 Å². The summed E-state index contributed by atoms with van der Waals surface area (Å²) < 4.78 is 0. The Labute approximate surface area is 118 Å². The first-order valence-electron chi connectivity index (χ1n) is 6.36. The third-order valence-electron chi connectivity index (χ3n) is 3.46. The van der Waals surface area contributed by atoms with Crippen molar-refractivity contribution in [3.63, 3.8) is 0 Å². The van der Waals surface area contributed by atoms with E-state index < -0.39 is 0 Å². The number of aromatic nitrogens is 1. The molecule has 1 aliphatic carbocycles. The highest BCUT2D eigenvalue weighted by molar-refractivity contribution is 6.32. The van der Waals surface area contributed by atoms with Gasteiger partial charge in [-0.15, -0.1) is 0 Å². The lowest BCUT2D eigenvalue weighted by Crippen LogP contribution is -2.40. The number of hydrogen-bond donors (Lipinski definition) is 1. The van der Waals surface area contributed by atoms with Crippen molar-refractivity contribution < 1.29 is 5.11 Å². The van der Waals surface area contributed by atoms with Gasteiger partial charge in [0.05, 0.1) is 0 Å². The molecule has 1 heterocycles. The van der Waals surface area contributed by atoms with Gasteiger partial charge in [-0.05, 0) is 25.3 Å². The summed E-state index contributed by atoms with van der Waals surface area (Å²) in [4.78, 5) is 6.45. The lowest BCUT2D eigenvalue weighted by Gasteiger charge is -2.37. The molecule has 1 aromatic heterocycles. The molecule has 0 aliphatic heterocycles. The van der Waals surface area contributed by atoms with Gasteiger partial charge in [0.15, 0.2) is 0 Å². The molecule has 3 nitrogen and oxygen atoms in total. The van der Waals surface area contributed by atoms with E-state index in [1.54, 1.807) is 6.07 Å². The molecule has 0 bridgehead atoms. The van der Waals surface area contributed by atoms with Crippen LogP contribution in [0.15, 0.2) is 12.1 Å². The fourth-order valence-electron chi connectivity index (χ4n) is 2.19. The predicted octanol–water partition coefficient (Wildman–Crippen LogP) is 3.13. The number of nitrogens with zero attached hydrogens (tertiary/aromatic N) is 2. The Morgan fingerprint density at radius 3 is 2.67 bits per heavy atom. The number of aliphatic hydroxyl groups excluding tert-OH is 1.